The molecule has 1 aliphatic heterocycles. The average molecular weight is 298 g/mol. The fourth-order valence-electron chi connectivity index (χ4n) is 2.64. The molecule has 0 atom stereocenters. The summed E-state index contributed by atoms with van der Waals surface area (Å²) in [5.41, 5.74) is 2.61. The summed E-state index contributed by atoms with van der Waals surface area (Å²) in [7, 11) is 0. The topological polar surface area (TPSA) is 21.3 Å². The molecule has 1 aromatic carbocycles. The van der Waals surface area contributed by atoms with Crippen molar-refractivity contribution in [2.24, 2.45) is 5.92 Å². The minimum absolute atomic E-state index is 0. The van der Waals surface area contributed by atoms with E-state index in [1.807, 2.05) is 0 Å². The SMILES string of the molecule is Cc1ccc(C(C)C)cc1OCCC1CCNCC1.Cl. The van der Waals surface area contributed by atoms with Crippen LogP contribution < -0.4 is 10.1 Å². The zero-order chi connectivity index (χ0) is 13.7. The van der Waals surface area contributed by atoms with Crippen LogP contribution in [0, 0.1) is 12.8 Å². The maximum Gasteiger partial charge on any atom is 0.122 e. The Labute approximate surface area is 129 Å². The van der Waals surface area contributed by atoms with Gasteiger partial charge in [0.2, 0.25) is 0 Å². The maximum atomic E-state index is 6.01. The van der Waals surface area contributed by atoms with E-state index in [-0.39, 0.29) is 12.4 Å². The highest BCUT2D eigenvalue weighted by atomic mass is 35.5. The summed E-state index contributed by atoms with van der Waals surface area (Å²) in [6.07, 6.45) is 3.79. The van der Waals surface area contributed by atoms with Gasteiger partial charge in [0.25, 0.3) is 0 Å². The van der Waals surface area contributed by atoms with Gasteiger partial charge in [0, 0.05) is 0 Å². The van der Waals surface area contributed by atoms with Crippen LogP contribution in [0.25, 0.3) is 0 Å². The van der Waals surface area contributed by atoms with Crippen LogP contribution in [0.2, 0.25) is 0 Å². The van der Waals surface area contributed by atoms with E-state index in [4.69, 9.17) is 4.74 Å². The zero-order valence-corrected chi connectivity index (χ0v) is 13.8. The molecule has 1 heterocycles. The fraction of sp³-hybridized carbons (Fsp3) is 0.647. The summed E-state index contributed by atoms with van der Waals surface area (Å²) < 4.78 is 6.01. The molecule has 0 radical (unpaired) electrons. The average Bonchev–Trinajstić information content (AvgIpc) is 2.42. The van der Waals surface area contributed by atoms with Gasteiger partial charge in [-0.25, -0.2) is 0 Å². The summed E-state index contributed by atoms with van der Waals surface area (Å²) in [5, 5.41) is 3.41. The van der Waals surface area contributed by atoms with Gasteiger partial charge >= 0.3 is 0 Å². The predicted octanol–water partition coefficient (Wildman–Crippen LogP) is 4.31. The van der Waals surface area contributed by atoms with Crippen LogP contribution in [0.4, 0.5) is 0 Å². The third-order valence-corrected chi connectivity index (χ3v) is 4.12. The molecule has 2 nitrogen and oxygen atoms in total. The first-order chi connectivity index (χ1) is 9.16. The first-order valence-corrected chi connectivity index (χ1v) is 7.61. The van der Waals surface area contributed by atoms with Gasteiger partial charge in [0.1, 0.15) is 5.75 Å². The lowest BCUT2D eigenvalue weighted by Crippen LogP contribution is -2.28. The number of ether oxygens (including phenoxy) is 1. The summed E-state index contributed by atoms with van der Waals surface area (Å²) in [4.78, 5) is 0. The lowest BCUT2D eigenvalue weighted by Gasteiger charge is -2.22. The Morgan fingerprint density at radius 3 is 2.60 bits per heavy atom. The van der Waals surface area contributed by atoms with Crippen LogP contribution in [-0.4, -0.2) is 19.7 Å². The number of rotatable bonds is 5. The van der Waals surface area contributed by atoms with Crippen LogP contribution in [0.3, 0.4) is 0 Å². The molecule has 0 aliphatic carbocycles. The lowest BCUT2D eigenvalue weighted by atomic mass is 9.95. The van der Waals surface area contributed by atoms with Crippen molar-refractivity contribution in [1.82, 2.24) is 5.32 Å². The van der Waals surface area contributed by atoms with Gasteiger partial charge < -0.3 is 10.1 Å². The molecule has 20 heavy (non-hydrogen) atoms. The predicted molar refractivity (Wildman–Crippen MR) is 88.2 cm³/mol. The highest BCUT2D eigenvalue weighted by Gasteiger charge is 2.13. The van der Waals surface area contributed by atoms with E-state index in [1.54, 1.807) is 0 Å². The van der Waals surface area contributed by atoms with Crippen molar-refractivity contribution >= 4 is 12.4 Å². The Balaban J connectivity index is 0.00000200. The van der Waals surface area contributed by atoms with Crippen molar-refractivity contribution in [3.8, 4) is 5.75 Å². The molecule has 1 aliphatic rings. The lowest BCUT2D eigenvalue weighted by molar-refractivity contribution is 0.250. The number of benzene rings is 1. The molecule has 3 heteroatoms. The van der Waals surface area contributed by atoms with E-state index in [0.29, 0.717) is 5.92 Å². The molecule has 114 valence electrons. The highest BCUT2D eigenvalue weighted by Crippen LogP contribution is 2.25. The van der Waals surface area contributed by atoms with Crippen LogP contribution in [0.5, 0.6) is 5.75 Å². The highest BCUT2D eigenvalue weighted by molar-refractivity contribution is 5.85. The number of aryl methyl sites for hydroxylation is 1. The zero-order valence-electron chi connectivity index (χ0n) is 12.9. The monoisotopic (exact) mass is 297 g/mol. The molecule has 0 amide bonds. The molecule has 0 unspecified atom stereocenters. The first kappa shape index (κ1) is 17.3. The van der Waals surface area contributed by atoms with Crippen molar-refractivity contribution in [2.45, 2.75) is 46.0 Å². The third-order valence-electron chi connectivity index (χ3n) is 4.12. The van der Waals surface area contributed by atoms with Crippen LogP contribution in [0.15, 0.2) is 18.2 Å². The molecule has 1 N–H and O–H groups in total. The molecule has 0 saturated carbocycles. The molecule has 1 saturated heterocycles. The van der Waals surface area contributed by atoms with Gasteiger partial charge in [0.05, 0.1) is 6.61 Å². The van der Waals surface area contributed by atoms with E-state index < -0.39 is 0 Å². The molecule has 2 rings (SSSR count). The van der Waals surface area contributed by atoms with Gasteiger partial charge in [-0.1, -0.05) is 26.0 Å². The Hall–Kier alpha value is -0.730. The van der Waals surface area contributed by atoms with Gasteiger partial charge in [-0.05, 0) is 68.3 Å². The number of hydrogen-bond donors (Lipinski definition) is 1. The second-order valence-corrected chi connectivity index (χ2v) is 6.01. The van der Waals surface area contributed by atoms with Gasteiger partial charge in [-0.3, -0.25) is 0 Å². The van der Waals surface area contributed by atoms with Gasteiger partial charge in [-0.15, -0.1) is 12.4 Å². The number of halogens is 1. The van der Waals surface area contributed by atoms with E-state index >= 15 is 0 Å². The smallest absolute Gasteiger partial charge is 0.122 e. The maximum absolute atomic E-state index is 6.01. The van der Waals surface area contributed by atoms with Crippen LogP contribution in [-0.2, 0) is 0 Å². The standard InChI is InChI=1S/C17H27NO.ClH/c1-13(2)16-5-4-14(3)17(12-16)19-11-8-15-6-9-18-10-7-15;/h4-5,12-13,15,18H,6-11H2,1-3H3;1H. The quantitative estimate of drug-likeness (QED) is 0.874. The molecule has 1 fully saturated rings. The van der Waals surface area contributed by atoms with Gasteiger partial charge in [0.15, 0.2) is 0 Å². The molecule has 0 bridgehead atoms. The van der Waals surface area contributed by atoms with Crippen molar-refractivity contribution in [2.75, 3.05) is 19.7 Å². The number of nitrogens with one attached hydrogen (secondary N) is 1. The van der Waals surface area contributed by atoms with Crippen LogP contribution >= 0.6 is 12.4 Å². The molecule has 1 aromatic rings. The Kier molecular flexibility index (Phi) is 7.39. The van der Waals surface area contributed by atoms with E-state index in [0.717, 1.165) is 18.3 Å². The van der Waals surface area contributed by atoms with Crippen molar-refractivity contribution in [3.05, 3.63) is 29.3 Å². The minimum Gasteiger partial charge on any atom is -0.493 e. The summed E-state index contributed by atoms with van der Waals surface area (Å²) in [5.74, 6) is 2.47. The molecular weight excluding hydrogens is 270 g/mol. The van der Waals surface area contributed by atoms with E-state index in [9.17, 15) is 0 Å². The second-order valence-electron chi connectivity index (χ2n) is 6.01. The van der Waals surface area contributed by atoms with Crippen molar-refractivity contribution < 1.29 is 4.74 Å². The Bertz CT molecular complexity index is 400. The van der Waals surface area contributed by atoms with Crippen LogP contribution in [0.1, 0.15) is 50.2 Å². The summed E-state index contributed by atoms with van der Waals surface area (Å²) >= 11 is 0. The fourth-order valence-corrected chi connectivity index (χ4v) is 2.64. The summed E-state index contributed by atoms with van der Waals surface area (Å²) in [6, 6.07) is 6.59. The first-order valence-electron chi connectivity index (χ1n) is 7.61. The molecular formula is C17H28ClNO. The van der Waals surface area contributed by atoms with Crippen molar-refractivity contribution in [3.63, 3.8) is 0 Å². The molecule has 0 aromatic heterocycles. The number of piperidine rings is 1. The number of hydrogen-bond acceptors (Lipinski definition) is 2. The minimum atomic E-state index is 0. The van der Waals surface area contributed by atoms with Crippen molar-refractivity contribution in [1.29, 1.82) is 0 Å². The Morgan fingerprint density at radius 2 is 1.95 bits per heavy atom. The third kappa shape index (κ3) is 4.99. The summed E-state index contributed by atoms with van der Waals surface area (Å²) in [6.45, 7) is 9.78. The largest absolute Gasteiger partial charge is 0.493 e. The van der Waals surface area contributed by atoms with E-state index in [2.05, 4.69) is 44.3 Å². The van der Waals surface area contributed by atoms with Gasteiger partial charge in [-0.2, -0.15) is 0 Å². The second kappa shape index (κ2) is 8.53. The van der Waals surface area contributed by atoms with E-state index in [1.165, 1.54) is 43.5 Å². The normalized spacial score (nSPS) is 16.0. The molecule has 0 spiro atoms. The Morgan fingerprint density at radius 1 is 1.25 bits per heavy atom.